The molecule has 1 rings (SSSR count). The maximum atomic E-state index is 10.4. The van der Waals surface area contributed by atoms with Crippen molar-refractivity contribution in [1.29, 1.82) is 0 Å². The maximum absolute atomic E-state index is 10.4. The summed E-state index contributed by atoms with van der Waals surface area (Å²) >= 11 is 0. The summed E-state index contributed by atoms with van der Waals surface area (Å²) in [6, 6.07) is 0. The third-order valence-corrected chi connectivity index (χ3v) is 1.95. The molecule has 4 heteroatoms. The number of rotatable bonds is 1. The molecule has 0 saturated heterocycles. The van der Waals surface area contributed by atoms with E-state index in [1.807, 2.05) is 13.8 Å². The van der Waals surface area contributed by atoms with Crippen LogP contribution in [0.15, 0.2) is 0 Å². The lowest BCUT2D eigenvalue weighted by Gasteiger charge is -2.16. The lowest BCUT2D eigenvalue weighted by Crippen LogP contribution is -2.16. The van der Waals surface area contributed by atoms with Gasteiger partial charge in [-0.05, 0) is 12.8 Å². The first-order valence-corrected chi connectivity index (χ1v) is 5.46. The summed E-state index contributed by atoms with van der Waals surface area (Å²) in [5.74, 6) is -1.46. The average Bonchev–Trinajstić information content (AvgIpc) is 2.21. The van der Waals surface area contributed by atoms with Gasteiger partial charge in [0, 0.05) is 6.92 Å². The van der Waals surface area contributed by atoms with Gasteiger partial charge in [-0.2, -0.15) is 0 Å². The number of aliphatic carboxylic acids is 2. The second-order valence-electron chi connectivity index (χ2n) is 3.19. The van der Waals surface area contributed by atoms with Crippen molar-refractivity contribution in [3.8, 4) is 0 Å². The predicted octanol–water partition coefficient (Wildman–Crippen LogP) is 2.77. The highest BCUT2D eigenvalue weighted by Gasteiger charge is 2.19. The van der Waals surface area contributed by atoms with Gasteiger partial charge >= 0.3 is 5.97 Å². The molecular formula is C11H22O4. The van der Waals surface area contributed by atoms with Crippen molar-refractivity contribution in [3.63, 3.8) is 0 Å². The van der Waals surface area contributed by atoms with Gasteiger partial charge in [0.15, 0.2) is 0 Å². The molecule has 0 aromatic carbocycles. The Morgan fingerprint density at radius 2 is 1.33 bits per heavy atom. The first-order valence-electron chi connectivity index (χ1n) is 5.46. The van der Waals surface area contributed by atoms with Crippen LogP contribution in [0.5, 0.6) is 0 Å². The van der Waals surface area contributed by atoms with E-state index in [0.717, 1.165) is 32.6 Å². The fourth-order valence-electron chi connectivity index (χ4n) is 1.35. The molecule has 4 nitrogen and oxygen atoms in total. The molecule has 0 spiro atoms. The first kappa shape index (κ1) is 16.4. The van der Waals surface area contributed by atoms with E-state index in [2.05, 4.69) is 0 Å². The van der Waals surface area contributed by atoms with Gasteiger partial charge in [-0.25, -0.2) is 0 Å². The highest BCUT2D eigenvalue weighted by Crippen LogP contribution is 2.23. The van der Waals surface area contributed by atoms with Gasteiger partial charge in [0.1, 0.15) is 0 Å². The molecule has 90 valence electrons. The fourth-order valence-corrected chi connectivity index (χ4v) is 1.35. The molecule has 1 fully saturated rings. The number of hydrogen-bond acceptors (Lipinski definition) is 2. The normalized spacial score (nSPS) is 15.1. The van der Waals surface area contributed by atoms with Crippen molar-refractivity contribution < 1.29 is 19.8 Å². The Hall–Kier alpha value is -1.06. The molecule has 2 N–H and O–H groups in total. The molecule has 15 heavy (non-hydrogen) atoms. The van der Waals surface area contributed by atoms with E-state index in [-0.39, 0.29) is 5.92 Å². The molecule has 1 aliphatic carbocycles. The van der Waals surface area contributed by atoms with Crippen LogP contribution < -0.4 is 0 Å². The van der Waals surface area contributed by atoms with E-state index >= 15 is 0 Å². The molecule has 0 amide bonds. The largest absolute Gasteiger partial charge is 0.481 e. The van der Waals surface area contributed by atoms with E-state index in [9.17, 15) is 4.79 Å². The Labute approximate surface area is 91.3 Å². The van der Waals surface area contributed by atoms with Gasteiger partial charge in [0.2, 0.25) is 0 Å². The number of hydrogen-bond donors (Lipinski definition) is 2. The third kappa shape index (κ3) is 12.9. The van der Waals surface area contributed by atoms with Crippen molar-refractivity contribution in [2.45, 2.75) is 52.9 Å². The minimum absolute atomic E-state index is 0.0289. The summed E-state index contributed by atoms with van der Waals surface area (Å²) in [4.78, 5) is 19.4. The quantitative estimate of drug-likeness (QED) is 0.709. The van der Waals surface area contributed by atoms with Gasteiger partial charge < -0.3 is 10.2 Å². The zero-order valence-corrected chi connectivity index (χ0v) is 9.82. The van der Waals surface area contributed by atoms with Crippen molar-refractivity contribution in [1.82, 2.24) is 0 Å². The van der Waals surface area contributed by atoms with Gasteiger partial charge in [-0.15, -0.1) is 0 Å². The van der Waals surface area contributed by atoms with E-state index in [0.29, 0.717) is 0 Å². The highest BCUT2D eigenvalue weighted by molar-refractivity contribution is 5.69. The minimum Gasteiger partial charge on any atom is -0.481 e. The zero-order valence-electron chi connectivity index (χ0n) is 9.82. The van der Waals surface area contributed by atoms with Crippen LogP contribution in [-0.4, -0.2) is 22.2 Å². The summed E-state index contributed by atoms with van der Waals surface area (Å²) in [7, 11) is 0. The predicted molar refractivity (Wildman–Crippen MR) is 58.9 cm³/mol. The summed E-state index contributed by atoms with van der Waals surface area (Å²) in [5, 5.41) is 16.0. The Balaban J connectivity index is 0. The topological polar surface area (TPSA) is 74.6 Å². The lowest BCUT2D eigenvalue weighted by molar-refractivity contribution is -0.142. The van der Waals surface area contributed by atoms with Crippen LogP contribution in [0.4, 0.5) is 0 Å². The smallest absolute Gasteiger partial charge is 0.306 e. The van der Waals surface area contributed by atoms with E-state index in [1.54, 1.807) is 0 Å². The number of carboxylic acid groups (broad SMARTS) is 2. The van der Waals surface area contributed by atoms with Crippen LogP contribution >= 0.6 is 0 Å². The van der Waals surface area contributed by atoms with Gasteiger partial charge in [0.25, 0.3) is 5.97 Å². The Bertz CT molecular complexity index is 167. The maximum Gasteiger partial charge on any atom is 0.306 e. The molecule has 0 unspecified atom stereocenters. The van der Waals surface area contributed by atoms with Crippen molar-refractivity contribution in [3.05, 3.63) is 0 Å². The van der Waals surface area contributed by atoms with E-state index in [4.69, 9.17) is 15.0 Å². The molecular weight excluding hydrogens is 196 g/mol. The molecule has 0 aromatic rings. The molecule has 0 atom stereocenters. The van der Waals surface area contributed by atoms with Gasteiger partial charge in [0.05, 0.1) is 5.92 Å². The molecule has 0 aromatic heterocycles. The summed E-state index contributed by atoms with van der Waals surface area (Å²) in [5.41, 5.74) is 0. The highest BCUT2D eigenvalue weighted by atomic mass is 16.4. The minimum atomic E-state index is -0.833. The molecule has 0 heterocycles. The summed E-state index contributed by atoms with van der Waals surface area (Å²) in [6.07, 6.45) is 5.24. The van der Waals surface area contributed by atoms with Crippen LogP contribution in [0.3, 0.4) is 0 Å². The molecule has 1 saturated carbocycles. The average molecular weight is 218 g/mol. The van der Waals surface area contributed by atoms with E-state index < -0.39 is 11.9 Å². The van der Waals surface area contributed by atoms with Gasteiger partial charge in [-0.3, -0.25) is 9.59 Å². The Kier molecular flexibility index (Phi) is 12.0. The second kappa shape index (κ2) is 11.0. The van der Waals surface area contributed by atoms with Crippen LogP contribution in [0, 0.1) is 5.92 Å². The van der Waals surface area contributed by atoms with Crippen LogP contribution in [0.1, 0.15) is 52.9 Å². The SMILES string of the molecule is CC.CC(=O)O.O=C(O)C1CCCCC1. The first-order chi connectivity index (χ1) is 7.04. The molecule has 1 aliphatic rings. The van der Waals surface area contributed by atoms with Crippen LogP contribution in [-0.2, 0) is 9.59 Å². The second-order valence-corrected chi connectivity index (χ2v) is 3.19. The zero-order chi connectivity index (χ0) is 12.3. The molecule has 0 aliphatic heterocycles. The molecule has 0 bridgehead atoms. The van der Waals surface area contributed by atoms with Gasteiger partial charge in [-0.1, -0.05) is 33.1 Å². The van der Waals surface area contributed by atoms with Crippen molar-refractivity contribution in [2.24, 2.45) is 5.92 Å². The monoisotopic (exact) mass is 218 g/mol. The third-order valence-electron chi connectivity index (χ3n) is 1.95. The Morgan fingerprint density at radius 1 is 1.00 bits per heavy atom. The van der Waals surface area contributed by atoms with Crippen molar-refractivity contribution >= 4 is 11.9 Å². The fraction of sp³-hybridized carbons (Fsp3) is 0.818. The van der Waals surface area contributed by atoms with Crippen LogP contribution in [0.2, 0.25) is 0 Å². The van der Waals surface area contributed by atoms with E-state index in [1.165, 1.54) is 6.42 Å². The number of carboxylic acids is 2. The van der Waals surface area contributed by atoms with Crippen LogP contribution in [0.25, 0.3) is 0 Å². The lowest BCUT2D eigenvalue weighted by atomic mass is 9.90. The standard InChI is InChI=1S/C7H12O2.C2H4O2.C2H6/c8-7(9)6-4-2-1-3-5-6;1-2(3)4;1-2/h6H,1-5H2,(H,8,9);1H3,(H,3,4);1-2H3. The summed E-state index contributed by atoms with van der Waals surface area (Å²) < 4.78 is 0. The summed E-state index contributed by atoms with van der Waals surface area (Å²) in [6.45, 7) is 5.08. The Morgan fingerprint density at radius 3 is 1.53 bits per heavy atom. The number of carbonyl (C=O) groups is 2. The molecule has 0 radical (unpaired) electrons. The van der Waals surface area contributed by atoms with Crippen molar-refractivity contribution in [2.75, 3.05) is 0 Å².